The predicted octanol–water partition coefficient (Wildman–Crippen LogP) is 4.08. The summed E-state index contributed by atoms with van der Waals surface area (Å²) in [4.78, 5) is 23.1. The Morgan fingerprint density at radius 2 is 1.96 bits per heavy atom. The molecule has 138 valence electrons. The van der Waals surface area contributed by atoms with Crippen molar-refractivity contribution in [1.29, 1.82) is 0 Å². The number of rotatable bonds is 5. The summed E-state index contributed by atoms with van der Waals surface area (Å²) in [5.74, 6) is 1.08. The number of aromatic nitrogens is 3. The van der Waals surface area contributed by atoms with Crippen LogP contribution < -0.4 is 0 Å². The van der Waals surface area contributed by atoms with Crippen LogP contribution in [0.25, 0.3) is 11.4 Å². The number of likely N-dealkylation sites (tertiary alicyclic amines) is 1. The summed E-state index contributed by atoms with van der Waals surface area (Å²) in [6, 6.07) is 11.3. The average Bonchev–Trinajstić information content (AvgIpc) is 3.37. The summed E-state index contributed by atoms with van der Waals surface area (Å²) in [7, 11) is 0. The molecule has 1 aliphatic rings. The molecule has 0 aliphatic carbocycles. The van der Waals surface area contributed by atoms with Crippen molar-refractivity contribution in [3.8, 4) is 11.4 Å². The number of aryl methyl sites for hydroxylation is 1. The van der Waals surface area contributed by atoms with Crippen molar-refractivity contribution in [2.45, 2.75) is 31.7 Å². The molecule has 0 saturated carbocycles. The molecule has 6 nitrogen and oxygen atoms in total. The van der Waals surface area contributed by atoms with Crippen molar-refractivity contribution < 1.29 is 9.32 Å². The SMILES string of the molecule is O=C(CCc1nc(-c2ccc(Cl)cc2)no1)N1CCC[C@@H]1c1ccncc1. The minimum absolute atomic E-state index is 0.112. The molecule has 1 atom stereocenters. The third kappa shape index (κ3) is 4.01. The average molecular weight is 383 g/mol. The number of carbonyl (C=O) groups excluding carboxylic acids is 1. The van der Waals surface area contributed by atoms with Gasteiger partial charge in [-0.3, -0.25) is 9.78 Å². The largest absolute Gasteiger partial charge is 0.339 e. The molecule has 3 aromatic rings. The molecule has 27 heavy (non-hydrogen) atoms. The third-order valence-electron chi connectivity index (χ3n) is 4.79. The first-order valence-electron chi connectivity index (χ1n) is 8.98. The zero-order valence-electron chi connectivity index (χ0n) is 14.7. The molecule has 0 bridgehead atoms. The lowest BCUT2D eigenvalue weighted by atomic mass is 10.1. The first-order valence-corrected chi connectivity index (χ1v) is 9.36. The molecule has 2 aromatic heterocycles. The van der Waals surface area contributed by atoms with Crippen molar-refractivity contribution in [2.24, 2.45) is 0 Å². The van der Waals surface area contributed by atoms with Gasteiger partial charge in [-0.1, -0.05) is 16.8 Å². The highest BCUT2D eigenvalue weighted by Crippen LogP contribution is 2.32. The van der Waals surface area contributed by atoms with Crippen LogP contribution in [0, 0.1) is 0 Å². The Morgan fingerprint density at radius 1 is 1.19 bits per heavy atom. The van der Waals surface area contributed by atoms with E-state index in [1.165, 1.54) is 0 Å². The van der Waals surface area contributed by atoms with Gasteiger partial charge in [0.1, 0.15) is 0 Å². The van der Waals surface area contributed by atoms with Gasteiger partial charge >= 0.3 is 0 Å². The summed E-state index contributed by atoms with van der Waals surface area (Å²) < 4.78 is 5.30. The summed E-state index contributed by atoms with van der Waals surface area (Å²) >= 11 is 5.90. The fraction of sp³-hybridized carbons (Fsp3) is 0.300. The molecular formula is C20H19ClN4O2. The molecule has 0 N–H and O–H groups in total. The van der Waals surface area contributed by atoms with Gasteiger partial charge in [0.2, 0.25) is 17.6 Å². The number of amides is 1. The highest BCUT2D eigenvalue weighted by molar-refractivity contribution is 6.30. The second kappa shape index (κ2) is 7.88. The summed E-state index contributed by atoms with van der Waals surface area (Å²) in [6.45, 7) is 0.783. The molecule has 3 heterocycles. The van der Waals surface area contributed by atoms with Crippen molar-refractivity contribution in [3.05, 3.63) is 65.3 Å². The molecule has 4 rings (SSSR count). The van der Waals surface area contributed by atoms with Gasteiger partial charge in [-0.25, -0.2) is 0 Å². The monoisotopic (exact) mass is 382 g/mol. The molecule has 0 radical (unpaired) electrons. The lowest BCUT2D eigenvalue weighted by Gasteiger charge is -2.24. The highest BCUT2D eigenvalue weighted by atomic mass is 35.5. The smallest absolute Gasteiger partial charge is 0.227 e. The number of hydrogen-bond acceptors (Lipinski definition) is 5. The summed E-state index contributed by atoms with van der Waals surface area (Å²) in [5.41, 5.74) is 1.97. The van der Waals surface area contributed by atoms with Gasteiger partial charge < -0.3 is 9.42 Å². The van der Waals surface area contributed by atoms with Gasteiger partial charge in [-0.05, 0) is 54.8 Å². The van der Waals surface area contributed by atoms with Crippen LogP contribution in [0.15, 0.2) is 53.3 Å². The Balaban J connectivity index is 1.39. The van der Waals surface area contributed by atoms with Crippen molar-refractivity contribution >= 4 is 17.5 Å². The number of benzene rings is 1. The number of carbonyl (C=O) groups is 1. The zero-order chi connectivity index (χ0) is 18.6. The van der Waals surface area contributed by atoms with Crippen LogP contribution in [0.2, 0.25) is 5.02 Å². The van der Waals surface area contributed by atoms with E-state index >= 15 is 0 Å². The molecule has 0 spiro atoms. The molecule has 1 saturated heterocycles. The maximum absolute atomic E-state index is 12.7. The lowest BCUT2D eigenvalue weighted by Crippen LogP contribution is -2.30. The van der Waals surface area contributed by atoms with Crippen molar-refractivity contribution in [3.63, 3.8) is 0 Å². The van der Waals surface area contributed by atoms with Gasteiger partial charge in [-0.15, -0.1) is 0 Å². The third-order valence-corrected chi connectivity index (χ3v) is 5.04. The summed E-state index contributed by atoms with van der Waals surface area (Å²) in [6.07, 6.45) is 6.32. The molecule has 1 fully saturated rings. The van der Waals surface area contributed by atoms with E-state index in [0.717, 1.165) is 30.5 Å². The van der Waals surface area contributed by atoms with Crippen molar-refractivity contribution in [2.75, 3.05) is 6.54 Å². The van der Waals surface area contributed by atoms with E-state index in [0.29, 0.717) is 29.6 Å². The van der Waals surface area contributed by atoms with Crippen LogP contribution in [-0.4, -0.2) is 32.5 Å². The second-order valence-corrected chi connectivity index (χ2v) is 6.98. The van der Waals surface area contributed by atoms with E-state index in [4.69, 9.17) is 16.1 Å². The number of pyridine rings is 1. The molecular weight excluding hydrogens is 364 g/mol. The number of nitrogens with zero attached hydrogens (tertiary/aromatic N) is 4. The Morgan fingerprint density at radius 3 is 2.74 bits per heavy atom. The predicted molar refractivity (Wildman–Crippen MR) is 101 cm³/mol. The Hall–Kier alpha value is -2.73. The minimum atomic E-state index is 0.112. The van der Waals surface area contributed by atoms with Crippen LogP contribution in [0.3, 0.4) is 0 Å². The quantitative estimate of drug-likeness (QED) is 0.664. The van der Waals surface area contributed by atoms with E-state index in [1.807, 2.05) is 29.2 Å². The van der Waals surface area contributed by atoms with Crippen molar-refractivity contribution in [1.82, 2.24) is 20.0 Å². The number of hydrogen-bond donors (Lipinski definition) is 0. The van der Waals surface area contributed by atoms with Crippen LogP contribution in [-0.2, 0) is 11.2 Å². The van der Waals surface area contributed by atoms with Crippen LogP contribution in [0.5, 0.6) is 0 Å². The molecule has 7 heteroatoms. The van der Waals surface area contributed by atoms with E-state index in [-0.39, 0.29) is 11.9 Å². The molecule has 1 aromatic carbocycles. The first-order chi connectivity index (χ1) is 13.2. The van der Waals surface area contributed by atoms with E-state index in [1.54, 1.807) is 24.5 Å². The lowest BCUT2D eigenvalue weighted by molar-refractivity contribution is -0.132. The Kier molecular flexibility index (Phi) is 5.16. The van der Waals surface area contributed by atoms with Gasteiger partial charge in [0.15, 0.2) is 0 Å². The highest BCUT2D eigenvalue weighted by Gasteiger charge is 2.29. The van der Waals surface area contributed by atoms with Gasteiger partial charge in [0.05, 0.1) is 6.04 Å². The van der Waals surface area contributed by atoms with Crippen LogP contribution in [0.4, 0.5) is 0 Å². The Labute approximate surface area is 162 Å². The van der Waals surface area contributed by atoms with Gasteiger partial charge in [-0.2, -0.15) is 4.98 Å². The molecule has 0 unspecified atom stereocenters. The fourth-order valence-corrected chi connectivity index (χ4v) is 3.55. The molecule has 1 amide bonds. The topological polar surface area (TPSA) is 72.1 Å². The zero-order valence-corrected chi connectivity index (χ0v) is 15.5. The fourth-order valence-electron chi connectivity index (χ4n) is 3.43. The maximum atomic E-state index is 12.7. The second-order valence-electron chi connectivity index (χ2n) is 6.54. The standard InChI is InChI=1S/C20H19ClN4O2/c21-16-5-3-15(4-6-16)20-23-18(27-24-20)7-8-19(26)25-13-1-2-17(25)14-9-11-22-12-10-14/h3-6,9-12,17H,1-2,7-8,13H2/t17-/m1/s1. The first kappa shape index (κ1) is 17.7. The van der Waals surface area contributed by atoms with E-state index < -0.39 is 0 Å². The minimum Gasteiger partial charge on any atom is -0.339 e. The van der Waals surface area contributed by atoms with Gasteiger partial charge in [0, 0.05) is 42.4 Å². The number of halogens is 1. The van der Waals surface area contributed by atoms with Gasteiger partial charge in [0.25, 0.3) is 0 Å². The van der Waals surface area contributed by atoms with E-state index in [2.05, 4.69) is 15.1 Å². The molecule has 1 aliphatic heterocycles. The Bertz CT molecular complexity index is 911. The van der Waals surface area contributed by atoms with Crippen LogP contribution in [0.1, 0.15) is 36.8 Å². The summed E-state index contributed by atoms with van der Waals surface area (Å²) in [5, 5.41) is 4.65. The normalized spacial score (nSPS) is 16.6. The maximum Gasteiger partial charge on any atom is 0.227 e. The van der Waals surface area contributed by atoms with E-state index in [9.17, 15) is 4.79 Å². The van der Waals surface area contributed by atoms with Crippen LogP contribution >= 0.6 is 11.6 Å².